The minimum Gasteiger partial charge on any atom is -0.497 e. The zero-order chi connectivity index (χ0) is 79.4. The normalized spacial score (nSPS) is 17.5. The lowest BCUT2D eigenvalue weighted by molar-refractivity contribution is -0.132. The Labute approximate surface area is 649 Å². The van der Waals surface area contributed by atoms with Crippen molar-refractivity contribution >= 4 is 81.7 Å². The van der Waals surface area contributed by atoms with Gasteiger partial charge in [-0.15, -0.1) is 5.10 Å². The number of carbonyl (C=O) groups excluding carboxylic acids is 9. The van der Waals surface area contributed by atoms with Crippen LogP contribution in [-0.4, -0.2) is 174 Å². The first kappa shape index (κ1) is 78.1. The average Bonchev–Trinajstić information content (AvgIpc) is 1.57. The lowest BCUT2D eigenvalue weighted by atomic mass is 9.88. The first-order valence-corrected chi connectivity index (χ1v) is 37.8. The summed E-state index contributed by atoms with van der Waals surface area (Å²) in [6.07, 6.45) is 2.32. The summed E-state index contributed by atoms with van der Waals surface area (Å²) in [4.78, 5) is 130. The Hall–Kier alpha value is -12.0. The first-order valence-electron chi connectivity index (χ1n) is 37.8. The predicted molar refractivity (Wildman–Crippen MR) is 416 cm³/mol. The van der Waals surface area contributed by atoms with Crippen LogP contribution in [-0.2, 0) is 52.2 Å². The van der Waals surface area contributed by atoms with E-state index in [4.69, 9.17) is 28.4 Å². The average molecular weight is 1530 g/mol. The zero-order valence-electron chi connectivity index (χ0n) is 64.5. The van der Waals surface area contributed by atoms with Gasteiger partial charge in [-0.25, -0.2) is 14.4 Å². The van der Waals surface area contributed by atoms with E-state index in [0.717, 1.165) is 57.0 Å². The molecule has 29 nitrogen and oxygen atoms in total. The number of para-hydroxylation sites is 1. The fraction of sp³-hybridized carbons (Fsp3) is 0.410. The molecule has 9 amide bonds. The van der Waals surface area contributed by atoms with Crippen molar-refractivity contribution < 1.29 is 76.7 Å². The summed E-state index contributed by atoms with van der Waals surface area (Å²) < 4.78 is 37.2. The third-order valence-corrected chi connectivity index (χ3v) is 22.1. The van der Waals surface area contributed by atoms with Gasteiger partial charge in [-0.2, -0.15) is 0 Å². The van der Waals surface area contributed by atoms with Gasteiger partial charge in [0.25, 0.3) is 11.8 Å². The van der Waals surface area contributed by atoms with Gasteiger partial charge in [0.1, 0.15) is 30.1 Å². The number of nitrogens with one attached hydrogen (secondary N) is 6. The quantitative estimate of drug-likeness (QED) is 0.0236. The summed E-state index contributed by atoms with van der Waals surface area (Å²) in [5, 5.41) is 38.0. The Morgan fingerprint density at radius 3 is 2.05 bits per heavy atom. The SMILES string of the molecule is COc1ccc(C2=CN3C(=O)c4cc(OC)c(OCCCOc5cc6c(cc5OC)C(=O)N5CC7(CC7)C[C@H]5[C@H](O)N6C(=O)OCc5ccc(NC(=O)[C@H](C)NC(=O)[C@@H](NC(=O)CNC(=O)CNC(=O)CCC(=O)N6Cc7ccccc7-c7c(nnn7C(C)(C)C(C)C)-c7ccccc76)C(C)C)cc5)cc4NC[C@@H]3C2)cc1. The molecular formula is C83H95N13O16. The van der Waals surface area contributed by atoms with Gasteiger partial charge in [-0.05, 0) is 128 Å². The highest BCUT2D eigenvalue weighted by Crippen LogP contribution is 2.57. The minimum absolute atomic E-state index is 0.0554. The summed E-state index contributed by atoms with van der Waals surface area (Å²) in [7, 11) is 4.57. The molecule has 1 aliphatic carbocycles. The van der Waals surface area contributed by atoms with Crippen molar-refractivity contribution in [3.8, 4) is 51.3 Å². The van der Waals surface area contributed by atoms with Gasteiger partial charge in [0, 0.05) is 67.5 Å². The maximum Gasteiger partial charge on any atom is 0.416 e. The van der Waals surface area contributed by atoms with Crippen molar-refractivity contribution in [2.45, 2.75) is 142 Å². The fourth-order valence-corrected chi connectivity index (χ4v) is 14.8. The second kappa shape index (κ2) is 32.9. The molecule has 1 spiro atoms. The highest BCUT2D eigenvalue weighted by Gasteiger charge is 2.58. The smallest absolute Gasteiger partial charge is 0.416 e. The van der Waals surface area contributed by atoms with Crippen molar-refractivity contribution in [3.63, 3.8) is 0 Å². The number of rotatable bonds is 27. The van der Waals surface area contributed by atoms with Gasteiger partial charge in [-0.3, -0.25) is 38.4 Å². The maximum atomic E-state index is 14.5. The van der Waals surface area contributed by atoms with Crippen LogP contribution in [0.3, 0.4) is 0 Å². The minimum atomic E-state index is -1.50. The number of aliphatic hydroxyl groups excluding tert-OH is 1. The second-order valence-electron chi connectivity index (χ2n) is 30.4. The van der Waals surface area contributed by atoms with Crippen molar-refractivity contribution in [1.82, 2.24) is 46.1 Å². The largest absolute Gasteiger partial charge is 0.497 e. The van der Waals surface area contributed by atoms with Gasteiger partial charge in [0.05, 0.1) is 106 Å². The topological polar surface area (TPSA) is 345 Å². The summed E-state index contributed by atoms with van der Waals surface area (Å²) in [6, 6.07) is 32.8. The number of hydrogen-bond acceptors (Lipinski definition) is 19. The Balaban J connectivity index is 0.568. The molecule has 1 saturated carbocycles. The van der Waals surface area contributed by atoms with Crippen LogP contribution >= 0.6 is 0 Å². The van der Waals surface area contributed by atoms with E-state index in [1.165, 1.54) is 33.3 Å². The van der Waals surface area contributed by atoms with Gasteiger partial charge in [0.15, 0.2) is 29.2 Å². The van der Waals surface area contributed by atoms with E-state index in [-0.39, 0.29) is 97.1 Å². The van der Waals surface area contributed by atoms with Crippen LogP contribution in [0.5, 0.6) is 28.7 Å². The third kappa shape index (κ3) is 16.4. The van der Waals surface area contributed by atoms with E-state index in [1.54, 1.807) is 72.1 Å². The number of nitrogens with zero attached hydrogens (tertiary/aromatic N) is 7. The van der Waals surface area contributed by atoms with Crippen molar-refractivity contribution in [2.75, 3.05) is 81.2 Å². The number of ether oxygens (including phenoxy) is 6. The van der Waals surface area contributed by atoms with E-state index in [0.29, 0.717) is 77.7 Å². The Morgan fingerprint density at radius 2 is 1.37 bits per heavy atom. The lowest BCUT2D eigenvalue weighted by Crippen LogP contribution is -2.55. The number of carbonyl (C=O) groups is 9. The standard InChI is InChI=1S/C83H95N13O16/c1-47(2)73(89-71(99)42-86-70(98)41-85-69(97)28-29-72(100)93-43-52-16-11-12-17-57(52)75-74(58-18-13-14-19-62(58)93)90-91-96(75)82(6,7)48(3)4)77(102)87-49(5)76(101)88-54-24-20-50(21-25-54)45-112-81(106)95-63-38-68(66(109-10)36-60(63)79(104)94-46-83(30-31-83)39-64(94)80(95)105)111-33-15-32-110-67-37-61-59(35-65(67)108-9)78(103)92-44-53(34-55(92)40-84-61)51-22-26-56(107-8)27-23-51/h11-14,16-27,35-38,44,47-49,55,64,73,80,84,105H,15,28-34,39-43,45-46H2,1-10H3,(H,85,97)(H,86,98)(H,87,102)(H,88,101)(H,89,99)/t49-,55-,64-,73-,80-/m0/s1. The van der Waals surface area contributed by atoms with Crippen molar-refractivity contribution in [1.29, 1.82) is 0 Å². The molecule has 0 unspecified atom stereocenters. The monoisotopic (exact) mass is 1530 g/mol. The Bertz CT molecular complexity index is 4820. The molecule has 1 aromatic heterocycles. The summed E-state index contributed by atoms with van der Waals surface area (Å²) >= 11 is 0. The molecule has 2 fully saturated rings. The van der Waals surface area contributed by atoms with E-state index in [1.807, 2.05) is 83.7 Å². The molecule has 29 heteroatoms. The molecule has 588 valence electrons. The molecule has 7 N–H and O–H groups in total. The van der Waals surface area contributed by atoms with Crippen molar-refractivity contribution in [2.24, 2.45) is 17.3 Å². The van der Waals surface area contributed by atoms with Crippen LogP contribution in [0.25, 0.3) is 28.1 Å². The highest BCUT2D eigenvalue weighted by atomic mass is 16.6. The zero-order valence-corrected chi connectivity index (χ0v) is 64.5. The number of aromatic nitrogens is 3. The highest BCUT2D eigenvalue weighted by molar-refractivity contribution is 6.07. The van der Waals surface area contributed by atoms with E-state index >= 15 is 0 Å². The molecule has 112 heavy (non-hydrogen) atoms. The number of aliphatic hydroxyl groups is 1. The first-order chi connectivity index (χ1) is 53.8. The lowest BCUT2D eigenvalue weighted by Gasteiger charge is -2.33. The van der Waals surface area contributed by atoms with Crippen LogP contribution in [0, 0.1) is 17.3 Å². The number of hydrogen-bond donors (Lipinski definition) is 7. The molecule has 1 saturated heterocycles. The summed E-state index contributed by atoms with van der Waals surface area (Å²) in [6.45, 7) is 13.5. The number of fused-ring (bicyclic) bond motifs is 9. The van der Waals surface area contributed by atoms with Gasteiger partial charge >= 0.3 is 6.09 Å². The number of amides is 9. The van der Waals surface area contributed by atoms with Gasteiger partial charge in [0.2, 0.25) is 35.4 Å². The van der Waals surface area contributed by atoms with Gasteiger partial charge in [-0.1, -0.05) is 99.6 Å². The second-order valence-corrected chi connectivity index (χ2v) is 30.4. The molecule has 5 aliphatic heterocycles. The van der Waals surface area contributed by atoms with Crippen LogP contribution in [0.2, 0.25) is 0 Å². The van der Waals surface area contributed by atoms with E-state index in [2.05, 4.69) is 69.9 Å². The maximum absolute atomic E-state index is 14.5. The number of benzene rings is 6. The Morgan fingerprint density at radius 1 is 0.696 bits per heavy atom. The van der Waals surface area contributed by atoms with E-state index < -0.39 is 84.5 Å². The molecule has 5 atom stereocenters. The molecule has 7 aromatic rings. The molecule has 0 bridgehead atoms. The van der Waals surface area contributed by atoms with Gasteiger partial charge < -0.3 is 80.1 Å². The molecule has 6 aliphatic rings. The predicted octanol–water partition coefficient (Wildman–Crippen LogP) is 9.17. The molecule has 13 rings (SSSR count). The Kier molecular flexibility index (Phi) is 22.9. The molecule has 0 radical (unpaired) electrons. The number of anilines is 4. The van der Waals surface area contributed by atoms with Crippen LogP contribution < -0.4 is 65.4 Å². The number of methoxy groups -OCH3 is 3. The van der Waals surface area contributed by atoms with Crippen LogP contribution in [0.15, 0.2) is 128 Å². The van der Waals surface area contributed by atoms with Crippen LogP contribution in [0.4, 0.5) is 27.5 Å². The molecular weight excluding hydrogens is 1430 g/mol. The van der Waals surface area contributed by atoms with Crippen molar-refractivity contribution in [3.05, 3.63) is 155 Å². The third-order valence-electron chi connectivity index (χ3n) is 22.1. The molecule has 6 heterocycles. The summed E-state index contributed by atoms with van der Waals surface area (Å²) in [5.41, 5.74) is 8.15. The van der Waals surface area contributed by atoms with E-state index in [9.17, 15) is 48.3 Å². The molecule has 6 aromatic carbocycles. The van der Waals surface area contributed by atoms with Crippen LogP contribution in [0.1, 0.15) is 131 Å². The fourth-order valence-electron chi connectivity index (χ4n) is 14.8. The summed E-state index contributed by atoms with van der Waals surface area (Å²) in [5.74, 6) is -2.40.